The molecule has 0 aliphatic carbocycles. The first-order valence-electron chi connectivity index (χ1n) is 11.8. The highest BCUT2D eigenvalue weighted by Crippen LogP contribution is 2.30. The summed E-state index contributed by atoms with van der Waals surface area (Å²) in [6, 6.07) is 18.7. The van der Waals surface area contributed by atoms with E-state index >= 15 is 0 Å². The highest BCUT2D eigenvalue weighted by Gasteiger charge is 2.43. The Morgan fingerprint density at radius 2 is 1.68 bits per heavy atom. The number of halogens is 2. The van der Waals surface area contributed by atoms with Gasteiger partial charge in [0.15, 0.2) is 0 Å². The number of nitrogens with one attached hydrogen (secondary N) is 1. The van der Waals surface area contributed by atoms with Crippen LogP contribution in [0.1, 0.15) is 28.4 Å². The van der Waals surface area contributed by atoms with E-state index < -0.39 is 40.3 Å². The minimum Gasteiger partial charge on any atom is -0.355 e. The first-order chi connectivity index (χ1) is 18.1. The van der Waals surface area contributed by atoms with Gasteiger partial charge in [-0.3, -0.25) is 14.4 Å². The van der Waals surface area contributed by atoms with Gasteiger partial charge in [-0.1, -0.05) is 71.7 Å². The molecule has 0 fully saturated rings. The molecule has 4 rings (SSSR count). The van der Waals surface area contributed by atoms with E-state index in [1.54, 1.807) is 25.1 Å². The molecule has 38 heavy (non-hydrogen) atoms. The molecule has 1 aliphatic rings. The van der Waals surface area contributed by atoms with E-state index in [2.05, 4.69) is 5.32 Å². The van der Waals surface area contributed by atoms with Gasteiger partial charge in [0, 0.05) is 29.6 Å². The zero-order valence-electron chi connectivity index (χ0n) is 20.4. The average Bonchev–Trinajstić information content (AvgIpc) is 3.08. The highest BCUT2D eigenvalue weighted by atomic mass is 35.5. The molecule has 0 spiro atoms. The lowest BCUT2D eigenvalue weighted by Crippen LogP contribution is -2.53. The number of nitrogens with zero attached hydrogens (tertiary/aromatic N) is 2. The van der Waals surface area contributed by atoms with Crippen LogP contribution in [-0.2, 0) is 32.6 Å². The van der Waals surface area contributed by atoms with E-state index in [0.717, 1.165) is 5.56 Å². The number of carbonyl (C=O) groups is 3. The summed E-state index contributed by atoms with van der Waals surface area (Å²) in [6.45, 7) is 1.19. The molecule has 0 bridgehead atoms. The van der Waals surface area contributed by atoms with Crippen molar-refractivity contribution in [2.75, 3.05) is 13.1 Å². The number of fused-ring (bicyclic) bond motifs is 1. The Labute approximate surface area is 231 Å². The molecule has 0 aromatic heterocycles. The van der Waals surface area contributed by atoms with Gasteiger partial charge >= 0.3 is 0 Å². The van der Waals surface area contributed by atoms with Crippen LogP contribution in [0, 0.1) is 0 Å². The number of likely N-dealkylation sites (N-methyl/N-ethyl adjacent to an activating group) is 1. The Morgan fingerprint density at radius 3 is 2.34 bits per heavy atom. The van der Waals surface area contributed by atoms with Crippen molar-refractivity contribution in [2.45, 2.75) is 30.8 Å². The summed E-state index contributed by atoms with van der Waals surface area (Å²) in [5.74, 6) is -1.95. The summed E-state index contributed by atoms with van der Waals surface area (Å²) in [7, 11) is -4.23. The standard InChI is InChI=1S/C27H25Cl2N3O5S/c1-2-30-26(34)23(14-18-8-4-3-5-9-18)31(16-19-12-13-20(28)15-22(19)29)25(33)17-32-27(35)21-10-6-7-11-24(21)38(32,36)37/h3-13,15,23H,2,14,16-17H2,1H3,(H,30,34). The number of hydrogen-bond acceptors (Lipinski definition) is 5. The normalized spacial score (nSPS) is 14.6. The molecule has 8 nitrogen and oxygen atoms in total. The SMILES string of the molecule is CCNC(=O)C(Cc1ccccc1)N(Cc1ccc(Cl)cc1Cl)C(=O)CN1C(=O)c2ccccc2S1(=O)=O. The molecule has 198 valence electrons. The second-order valence-corrected chi connectivity index (χ2v) is 11.3. The van der Waals surface area contributed by atoms with E-state index in [1.807, 2.05) is 30.3 Å². The molecule has 1 aliphatic heterocycles. The van der Waals surface area contributed by atoms with Crippen molar-refractivity contribution < 1.29 is 22.8 Å². The van der Waals surface area contributed by atoms with Gasteiger partial charge in [0.05, 0.1) is 5.56 Å². The summed E-state index contributed by atoms with van der Waals surface area (Å²) in [4.78, 5) is 41.2. The van der Waals surface area contributed by atoms with Crippen molar-refractivity contribution in [1.29, 1.82) is 0 Å². The largest absolute Gasteiger partial charge is 0.355 e. The molecule has 0 saturated heterocycles. The van der Waals surface area contributed by atoms with Gasteiger partial charge in [-0.05, 0) is 42.3 Å². The zero-order valence-corrected chi connectivity index (χ0v) is 22.8. The lowest BCUT2D eigenvalue weighted by Gasteiger charge is -2.32. The van der Waals surface area contributed by atoms with Crippen molar-refractivity contribution >= 4 is 50.9 Å². The number of benzene rings is 3. The first kappa shape index (κ1) is 27.6. The number of amides is 3. The molecular weight excluding hydrogens is 549 g/mol. The molecule has 0 radical (unpaired) electrons. The Bertz CT molecular complexity index is 1480. The van der Waals surface area contributed by atoms with E-state index in [1.165, 1.54) is 29.2 Å². The molecule has 1 unspecified atom stereocenters. The summed E-state index contributed by atoms with van der Waals surface area (Å²) in [5.41, 5.74) is 1.30. The molecule has 1 N–H and O–H groups in total. The van der Waals surface area contributed by atoms with E-state index in [-0.39, 0.29) is 28.4 Å². The second kappa shape index (κ2) is 11.6. The lowest BCUT2D eigenvalue weighted by atomic mass is 10.0. The van der Waals surface area contributed by atoms with Gasteiger partial charge in [0.1, 0.15) is 17.5 Å². The molecule has 3 aromatic rings. The molecule has 1 heterocycles. The molecule has 0 saturated carbocycles. The topological polar surface area (TPSA) is 104 Å². The molecular formula is C27H25Cl2N3O5S. The summed E-state index contributed by atoms with van der Waals surface area (Å²) in [6.07, 6.45) is 0.157. The third-order valence-corrected chi connectivity index (χ3v) is 8.54. The minimum absolute atomic E-state index is 0.00263. The van der Waals surface area contributed by atoms with Crippen LogP contribution in [0.15, 0.2) is 77.7 Å². The Balaban J connectivity index is 1.73. The smallest absolute Gasteiger partial charge is 0.269 e. The fraction of sp³-hybridized carbons (Fsp3) is 0.222. The lowest BCUT2D eigenvalue weighted by molar-refractivity contribution is -0.141. The van der Waals surface area contributed by atoms with Crippen molar-refractivity contribution in [3.8, 4) is 0 Å². The predicted molar refractivity (Wildman–Crippen MR) is 144 cm³/mol. The van der Waals surface area contributed by atoms with Gasteiger partial charge in [0.2, 0.25) is 11.8 Å². The van der Waals surface area contributed by atoms with E-state index in [0.29, 0.717) is 21.4 Å². The van der Waals surface area contributed by atoms with E-state index in [9.17, 15) is 22.8 Å². The van der Waals surface area contributed by atoms with Crippen LogP contribution in [0.3, 0.4) is 0 Å². The molecule has 1 atom stereocenters. The quantitative estimate of drug-likeness (QED) is 0.418. The van der Waals surface area contributed by atoms with E-state index in [4.69, 9.17) is 23.2 Å². The molecule has 3 aromatic carbocycles. The van der Waals surface area contributed by atoms with Crippen molar-refractivity contribution in [3.63, 3.8) is 0 Å². The Hall–Kier alpha value is -3.40. The monoisotopic (exact) mass is 573 g/mol. The van der Waals surface area contributed by atoms with Crippen LogP contribution in [-0.4, -0.2) is 54.5 Å². The van der Waals surface area contributed by atoms with Gasteiger partial charge < -0.3 is 10.2 Å². The van der Waals surface area contributed by atoms with Gasteiger partial charge in [-0.25, -0.2) is 12.7 Å². The number of hydrogen-bond donors (Lipinski definition) is 1. The van der Waals surface area contributed by atoms with Crippen molar-refractivity contribution in [3.05, 3.63) is 99.5 Å². The van der Waals surface area contributed by atoms with Crippen LogP contribution < -0.4 is 5.32 Å². The number of sulfonamides is 1. The minimum atomic E-state index is -4.23. The van der Waals surface area contributed by atoms with Crippen molar-refractivity contribution in [2.24, 2.45) is 0 Å². The summed E-state index contributed by atoms with van der Waals surface area (Å²) >= 11 is 12.4. The van der Waals surface area contributed by atoms with Crippen LogP contribution in [0.2, 0.25) is 10.0 Å². The van der Waals surface area contributed by atoms with Gasteiger partial charge in [0.25, 0.3) is 15.9 Å². The predicted octanol–water partition coefficient (Wildman–Crippen LogP) is 3.91. The fourth-order valence-electron chi connectivity index (χ4n) is 4.28. The molecule has 3 amide bonds. The third-order valence-electron chi connectivity index (χ3n) is 6.17. The Morgan fingerprint density at radius 1 is 1.00 bits per heavy atom. The summed E-state index contributed by atoms with van der Waals surface area (Å²) < 4.78 is 26.8. The number of rotatable bonds is 9. The fourth-order valence-corrected chi connectivity index (χ4v) is 6.27. The van der Waals surface area contributed by atoms with Crippen LogP contribution in [0.25, 0.3) is 0 Å². The van der Waals surface area contributed by atoms with Gasteiger partial charge in [-0.15, -0.1) is 0 Å². The Kier molecular flexibility index (Phi) is 8.40. The highest BCUT2D eigenvalue weighted by molar-refractivity contribution is 7.90. The third kappa shape index (κ3) is 5.70. The maximum atomic E-state index is 13.8. The van der Waals surface area contributed by atoms with Gasteiger partial charge in [-0.2, -0.15) is 0 Å². The summed E-state index contributed by atoms with van der Waals surface area (Å²) in [5, 5.41) is 3.43. The number of carbonyl (C=O) groups excluding carboxylic acids is 3. The average molecular weight is 574 g/mol. The van der Waals surface area contributed by atoms with Crippen LogP contribution >= 0.6 is 23.2 Å². The molecule has 11 heteroatoms. The van der Waals surface area contributed by atoms with Crippen LogP contribution in [0.4, 0.5) is 0 Å². The zero-order chi connectivity index (χ0) is 27.4. The maximum Gasteiger partial charge on any atom is 0.269 e. The maximum absolute atomic E-state index is 13.8. The van der Waals surface area contributed by atoms with Crippen molar-refractivity contribution in [1.82, 2.24) is 14.5 Å². The van der Waals surface area contributed by atoms with Crippen LogP contribution in [0.5, 0.6) is 0 Å². The first-order valence-corrected chi connectivity index (χ1v) is 14.0. The second-order valence-electron chi connectivity index (χ2n) is 8.67.